The third kappa shape index (κ3) is 4.00. The highest BCUT2D eigenvalue weighted by atomic mass is 16.5. The van der Waals surface area contributed by atoms with Crippen LogP contribution in [0.3, 0.4) is 0 Å². The smallest absolute Gasteiger partial charge is 0.232 e. The maximum Gasteiger partial charge on any atom is 0.232 e. The van der Waals surface area contributed by atoms with E-state index in [-0.39, 0.29) is 5.54 Å². The second-order valence-electron chi connectivity index (χ2n) is 8.48. The van der Waals surface area contributed by atoms with Gasteiger partial charge in [-0.2, -0.15) is 4.98 Å². The molecule has 2 bridgehead atoms. The average Bonchev–Trinajstić information content (AvgIpc) is 2.62. The Morgan fingerprint density at radius 2 is 1.86 bits per heavy atom. The number of ether oxygens (including phenoxy) is 1. The van der Waals surface area contributed by atoms with Crippen molar-refractivity contribution in [2.24, 2.45) is 5.92 Å². The molecular formula is C20H30N8O. The van der Waals surface area contributed by atoms with Gasteiger partial charge in [0.25, 0.3) is 0 Å². The molecule has 0 aliphatic heterocycles. The summed E-state index contributed by atoms with van der Waals surface area (Å²) in [5, 5.41) is 6.69. The highest BCUT2D eigenvalue weighted by Gasteiger charge is 2.57. The van der Waals surface area contributed by atoms with Crippen LogP contribution in [0.2, 0.25) is 0 Å². The minimum Gasteiger partial charge on any atom is -0.494 e. The lowest BCUT2D eigenvalue weighted by Gasteiger charge is -2.61. The quantitative estimate of drug-likeness (QED) is 0.548. The Kier molecular flexibility index (Phi) is 5.08. The molecule has 0 saturated heterocycles. The number of hydrogen-bond acceptors (Lipinski definition) is 9. The van der Waals surface area contributed by atoms with Crippen molar-refractivity contribution in [3.8, 4) is 5.75 Å². The van der Waals surface area contributed by atoms with Crippen LogP contribution in [-0.2, 0) is 0 Å². The predicted octanol–water partition coefficient (Wildman–Crippen LogP) is 2.17. The molecule has 5 rings (SSSR count). The van der Waals surface area contributed by atoms with Crippen LogP contribution in [0.25, 0.3) is 0 Å². The summed E-state index contributed by atoms with van der Waals surface area (Å²) in [7, 11) is 7.77. The Balaban J connectivity index is 1.50. The third-order valence-corrected chi connectivity index (χ3v) is 5.88. The number of nitrogens with one attached hydrogen (secondary N) is 2. The zero-order valence-electron chi connectivity index (χ0n) is 17.6. The molecule has 4 N–H and O–H groups in total. The first-order valence-electron chi connectivity index (χ1n) is 9.95. The van der Waals surface area contributed by atoms with Gasteiger partial charge in [0.2, 0.25) is 11.9 Å². The van der Waals surface area contributed by atoms with Gasteiger partial charge in [0.15, 0.2) is 0 Å². The van der Waals surface area contributed by atoms with Crippen molar-refractivity contribution >= 4 is 29.0 Å². The second kappa shape index (κ2) is 7.55. The highest BCUT2D eigenvalue weighted by Crippen LogP contribution is 2.58. The molecule has 0 atom stereocenters. The van der Waals surface area contributed by atoms with Crippen molar-refractivity contribution in [2.45, 2.75) is 24.8 Å². The Morgan fingerprint density at radius 1 is 1.14 bits per heavy atom. The van der Waals surface area contributed by atoms with Crippen LogP contribution in [0.5, 0.6) is 5.75 Å². The number of methoxy groups -OCH3 is 1. The van der Waals surface area contributed by atoms with Gasteiger partial charge in [0.05, 0.1) is 24.2 Å². The Labute approximate surface area is 171 Å². The van der Waals surface area contributed by atoms with E-state index in [4.69, 9.17) is 10.5 Å². The number of aromatic nitrogens is 3. The monoisotopic (exact) mass is 398 g/mol. The first kappa shape index (κ1) is 19.5. The van der Waals surface area contributed by atoms with Crippen molar-refractivity contribution in [2.75, 3.05) is 62.6 Å². The number of rotatable bonds is 9. The van der Waals surface area contributed by atoms with E-state index in [0.29, 0.717) is 23.3 Å². The van der Waals surface area contributed by atoms with Gasteiger partial charge < -0.3 is 30.9 Å². The van der Waals surface area contributed by atoms with Crippen LogP contribution in [0.15, 0.2) is 18.5 Å². The lowest BCUT2D eigenvalue weighted by Crippen LogP contribution is -2.63. The molecule has 2 aromatic rings. The number of nitrogens with zero attached hydrogens (tertiary/aromatic N) is 5. The maximum atomic E-state index is 6.33. The van der Waals surface area contributed by atoms with Gasteiger partial charge in [0.1, 0.15) is 12.1 Å². The summed E-state index contributed by atoms with van der Waals surface area (Å²) in [6.07, 6.45) is 5.17. The largest absolute Gasteiger partial charge is 0.494 e. The molecule has 3 aliphatic rings. The van der Waals surface area contributed by atoms with E-state index >= 15 is 0 Å². The highest BCUT2D eigenvalue weighted by molar-refractivity contribution is 5.79. The molecule has 0 radical (unpaired) electrons. The number of nitrogens with two attached hydrogens (primary N) is 1. The first-order valence-corrected chi connectivity index (χ1v) is 9.95. The fourth-order valence-electron chi connectivity index (χ4n) is 4.06. The van der Waals surface area contributed by atoms with Crippen molar-refractivity contribution in [3.63, 3.8) is 0 Å². The minimum atomic E-state index is 0.212. The van der Waals surface area contributed by atoms with E-state index in [1.54, 1.807) is 7.11 Å². The van der Waals surface area contributed by atoms with Gasteiger partial charge in [-0.25, -0.2) is 9.97 Å². The molecule has 3 aliphatic carbocycles. The van der Waals surface area contributed by atoms with Crippen molar-refractivity contribution in [1.29, 1.82) is 0 Å². The van der Waals surface area contributed by atoms with E-state index in [0.717, 1.165) is 30.4 Å². The molecular weight excluding hydrogens is 368 g/mol. The topological polar surface area (TPSA) is 104 Å². The second-order valence-corrected chi connectivity index (χ2v) is 8.48. The summed E-state index contributed by atoms with van der Waals surface area (Å²) >= 11 is 0. The molecule has 0 spiro atoms. The van der Waals surface area contributed by atoms with E-state index in [9.17, 15) is 0 Å². The van der Waals surface area contributed by atoms with Gasteiger partial charge in [-0.05, 0) is 45.3 Å². The fourth-order valence-corrected chi connectivity index (χ4v) is 4.06. The van der Waals surface area contributed by atoms with E-state index < -0.39 is 0 Å². The predicted molar refractivity (Wildman–Crippen MR) is 116 cm³/mol. The summed E-state index contributed by atoms with van der Waals surface area (Å²) in [4.78, 5) is 17.3. The minimum absolute atomic E-state index is 0.212. The average molecular weight is 399 g/mol. The molecule has 9 heteroatoms. The first-order chi connectivity index (χ1) is 13.9. The van der Waals surface area contributed by atoms with E-state index in [1.165, 1.54) is 25.6 Å². The molecule has 9 nitrogen and oxygen atoms in total. The van der Waals surface area contributed by atoms with Gasteiger partial charge in [-0.1, -0.05) is 0 Å². The molecule has 0 amide bonds. The van der Waals surface area contributed by atoms with Crippen LogP contribution in [0, 0.1) is 5.92 Å². The van der Waals surface area contributed by atoms with Gasteiger partial charge >= 0.3 is 0 Å². The normalized spacial score (nSPS) is 21.9. The molecule has 3 fully saturated rings. The molecule has 1 aromatic heterocycles. The molecule has 29 heavy (non-hydrogen) atoms. The third-order valence-electron chi connectivity index (χ3n) is 5.88. The van der Waals surface area contributed by atoms with Crippen molar-refractivity contribution in [1.82, 2.24) is 19.9 Å². The van der Waals surface area contributed by atoms with Crippen LogP contribution in [0.1, 0.15) is 19.3 Å². The lowest BCUT2D eigenvalue weighted by atomic mass is 9.50. The summed E-state index contributed by atoms with van der Waals surface area (Å²) < 4.78 is 5.59. The van der Waals surface area contributed by atoms with Gasteiger partial charge in [-0.15, -0.1) is 0 Å². The molecule has 1 heterocycles. The fraction of sp³-hybridized carbons (Fsp3) is 0.550. The number of benzene rings is 1. The van der Waals surface area contributed by atoms with Gasteiger partial charge in [-0.3, -0.25) is 0 Å². The van der Waals surface area contributed by atoms with Crippen LogP contribution >= 0.6 is 0 Å². The van der Waals surface area contributed by atoms with Gasteiger partial charge in [0, 0.05) is 31.7 Å². The standard InChI is InChI=1S/C20H30N8O/c1-27(2)5-6-28(3)16-8-17(29-4)15(7-14(16)21)24-18-22-12-23-19(25-18)26-20-9-13(10-20)11-20/h7-8,12-13H,5-6,9-11,21H2,1-4H3,(H2,22,23,24,25,26). The Bertz CT molecular complexity index is 870. The van der Waals surface area contributed by atoms with Crippen molar-refractivity contribution in [3.05, 3.63) is 18.5 Å². The number of likely N-dealkylation sites (N-methyl/N-ethyl adjacent to an activating group) is 2. The SMILES string of the molecule is COc1cc(N(C)CCN(C)C)c(N)cc1Nc1ncnc(NC23CC(C2)C3)n1. The zero-order chi connectivity index (χ0) is 20.6. The van der Waals surface area contributed by atoms with Crippen LogP contribution in [0.4, 0.5) is 29.0 Å². The lowest BCUT2D eigenvalue weighted by molar-refractivity contribution is 0.00146. The number of hydrogen-bond donors (Lipinski definition) is 3. The van der Waals surface area contributed by atoms with Crippen molar-refractivity contribution < 1.29 is 4.74 Å². The Hall–Kier alpha value is -2.81. The molecule has 1 aromatic carbocycles. The Morgan fingerprint density at radius 3 is 2.48 bits per heavy atom. The van der Waals surface area contributed by atoms with Crippen LogP contribution < -0.4 is 26.0 Å². The van der Waals surface area contributed by atoms with E-state index in [1.807, 2.05) is 19.2 Å². The summed E-state index contributed by atoms with van der Waals surface area (Å²) in [5.41, 5.74) is 8.86. The number of nitrogen functional groups attached to an aromatic ring is 1. The van der Waals surface area contributed by atoms with Crippen LogP contribution in [-0.4, -0.2) is 66.7 Å². The molecule has 0 unspecified atom stereocenters. The summed E-state index contributed by atoms with van der Waals surface area (Å²) in [6, 6.07) is 3.80. The maximum absolute atomic E-state index is 6.33. The van der Waals surface area contributed by atoms with E-state index in [2.05, 4.69) is 49.5 Å². The molecule has 3 saturated carbocycles. The number of anilines is 5. The zero-order valence-corrected chi connectivity index (χ0v) is 17.6. The summed E-state index contributed by atoms with van der Waals surface area (Å²) in [5.74, 6) is 2.64. The summed E-state index contributed by atoms with van der Waals surface area (Å²) in [6.45, 7) is 1.79. The molecule has 156 valence electrons.